The number of nitrogens with one attached hydrogen (secondary N) is 2. The van der Waals surface area contributed by atoms with E-state index in [-0.39, 0.29) is 18.0 Å². The lowest BCUT2D eigenvalue weighted by Gasteiger charge is -2.34. The molecule has 0 fully saturated rings. The van der Waals surface area contributed by atoms with Crippen molar-refractivity contribution in [1.29, 1.82) is 0 Å². The van der Waals surface area contributed by atoms with Crippen LogP contribution < -0.4 is 10.6 Å². The fraction of sp³-hybridized carbons (Fsp3) is 0.632. The van der Waals surface area contributed by atoms with E-state index in [1.165, 1.54) is 0 Å². The van der Waals surface area contributed by atoms with Gasteiger partial charge in [0.05, 0.1) is 18.8 Å². The maximum absolute atomic E-state index is 12.6. The maximum Gasteiger partial charge on any atom is 0.410 e. The van der Waals surface area contributed by atoms with Crippen molar-refractivity contribution in [3.05, 3.63) is 29.1 Å². The number of aromatic nitrogens is 2. The van der Waals surface area contributed by atoms with Gasteiger partial charge in [0.15, 0.2) is 0 Å². The number of hydrogen-bond acceptors (Lipinski definition) is 5. The minimum atomic E-state index is -0.574. The van der Waals surface area contributed by atoms with E-state index in [1.807, 2.05) is 34.7 Å². The van der Waals surface area contributed by atoms with Crippen LogP contribution in [0.25, 0.3) is 0 Å². The summed E-state index contributed by atoms with van der Waals surface area (Å²) in [6.07, 6.45) is 0.195. The highest BCUT2D eigenvalue weighted by atomic mass is 16.6. The molecule has 27 heavy (non-hydrogen) atoms. The van der Waals surface area contributed by atoms with E-state index >= 15 is 0 Å². The van der Waals surface area contributed by atoms with Crippen molar-refractivity contribution in [3.8, 4) is 0 Å². The second-order valence-corrected chi connectivity index (χ2v) is 7.95. The van der Waals surface area contributed by atoms with Crippen LogP contribution >= 0.6 is 0 Å². The molecular weight excluding hydrogens is 346 g/mol. The van der Waals surface area contributed by atoms with Crippen molar-refractivity contribution in [1.82, 2.24) is 25.3 Å². The van der Waals surface area contributed by atoms with Crippen LogP contribution in [0.2, 0.25) is 0 Å². The van der Waals surface area contributed by atoms with Gasteiger partial charge in [0.2, 0.25) is 0 Å². The number of hydrogen-bond donors (Lipinski definition) is 2. The van der Waals surface area contributed by atoms with Crippen LogP contribution in [0.4, 0.5) is 4.79 Å². The highest BCUT2D eigenvalue weighted by molar-refractivity contribution is 5.94. The van der Waals surface area contributed by atoms with Crippen LogP contribution in [-0.2, 0) is 24.2 Å². The Balaban J connectivity index is 2.37. The molecule has 150 valence electrons. The fourth-order valence-corrected chi connectivity index (χ4v) is 3.16. The Morgan fingerprint density at radius 2 is 2.00 bits per heavy atom. The molecular formula is C19H31N5O3. The summed E-state index contributed by atoms with van der Waals surface area (Å²) in [6, 6.07) is -0.0613. The summed E-state index contributed by atoms with van der Waals surface area (Å²) in [4.78, 5) is 26.8. The van der Waals surface area contributed by atoms with Gasteiger partial charge in [0, 0.05) is 31.6 Å². The minimum Gasteiger partial charge on any atom is -0.444 e. The zero-order valence-electron chi connectivity index (χ0n) is 17.2. The largest absolute Gasteiger partial charge is 0.444 e. The van der Waals surface area contributed by atoms with E-state index in [0.29, 0.717) is 31.7 Å². The highest BCUT2D eigenvalue weighted by Crippen LogP contribution is 2.28. The molecule has 2 amide bonds. The molecule has 1 aliphatic heterocycles. The second-order valence-electron chi connectivity index (χ2n) is 7.95. The zero-order chi connectivity index (χ0) is 20.4. The summed E-state index contributed by atoms with van der Waals surface area (Å²) in [5.41, 5.74) is 2.44. The molecule has 0 aromatic carbocycles. The van der Waals surface area contributed by atoms with Gasteiger partial charge in [-0.1, -0.05) is 6.58 Å². The van der Waals surface area contributed by atoms with Crippen LogP contribution in [-0.4, -0.2) is 59.0 Å². The normalized spacial score (nSPS) is 16.7. The summed E-state index contributed by atoms with van der Waals surface area (Å²) < 4.78 is 7.22. The van der Waals surface area contributed by atoms with Crippen molar-refractivity contribution >= 4 is 12.0 Å². The first-order valence-corrected chi connectivity index (χ1v) is 9.18. The molecule has 8 heteroatoms. The number of likely N-dealkylation sites (N-methyl/N-ethyl adjacent to an activating group) is 1. The molecule has 0 saturated heterocycles. The average molecular weight is 377 g/mol. The average Bonchev–Trinajstić information content (AvgIpc) is 2.88. The van der Waals surface area contributed by atoms with Gasteiger partial charge in [0.1, 0.15) is 11.3 Å². The minimum absolute atomic E-state index is 0.0613. The van der Waals surface area contributed by atoms with Crippen LogP contribution in [0.1, 0.15) is 49.4 Å². The number of carbonyl (C=O) groups excluding carboxylic acids is 2. The van der Waals surface area contributed by atoms with Gasteiger partial charge < -0.3 is 20.3 Å². The molecule has 1 aromatic rings. The van der Waals surface area contributed by atoms with Gasteiger partial charge in [-0.25, -0.2) is 4.79 Å². The monoisotopic (exact) mass is 377 g/mol. The van der Waals surface area contributed by atoms with Crippen molar-refractivity contribution in [2.24, 2.45) is 0 Å². The third-order valence-electron chi connectivity index (χ3n) is 4.35. The van der Waals surface area contributed by atoms with Crippen LogP contribution in [0, 0.1) is 0 Å². The molecule has 2 heterocycles. The first-order valence-electron chi connectivity index (χ1n) is 9.18. The van der Waals surface area contributed by atoms with Gasteiger partial charge in [-0.15, -0.1) is 0 Å². The van der Waals surface area contributed by atoms with E-state index < -0.39 is 5.60 Å². The molecule has 0 bridgehead atoms. The standard InChI is InChI=1S/C19H31N5O3/c1-12(9-20-6)10-24-16(17(25)21-7)14-11-23(13(2)8-15(14)22-24)18(26)27-19(3,4)5/h13,20H,1,8-11H2,2-7H3,(H,21,25)/t13-/m1/s1. The third-order valence-corrected chi connectivity index (χ3v) is 4.35. The molecule has 8 nitrogen and oxygen atoms in total. The Morgan fingerprint density at radius 1 is 1.33 bits per heavy atom. The van der Waals surface area contributed by atoms with Crippen molar-refractivity contribution in [2.75, 3.05) is 20.6 Å². The molecule has 0 saturated carbocycles. The highest BCUT2D eigenvalue weighted by Gasteiger charge is 2.35. The number of amides is 2. The van der Waals surface area contributed by atoms with Gasteiger partial charge in [-0.05, 0) is 40.3 Å². The summed E-state index contributed by atoms with van der Waals surface area (Å²) >= 11 is 0. The topological polar surface area (TPSA) is 88.5 Å². The van der Waals surface area contributed by atoms with Crippen LogP contribution in [0.3, 0.4) is 0 Å². The van der Waals surface area contributed by atoms with E-state index in [9.17, 15) is 9.59 Å². The number of ether oxygens (including phenoxy) is 1. The lowest BCUT2D eigenvalue weighted by atomic mass is 9.99. The molecule has 0 unspecified atom stereocenters. The fourth-order valence-electron chi connectivity index (χ4n) is 3.16. The Bertz CT molecular complexity index is 732. The number of fused-ring (bicyclic) bond motifs is 1. The number of carbonyl (C=O) groups is 2. The predicted molar refractivity (Wildman–Crippen MR) is 104 cm³/mol. The zero-order valence-corrected chi connectivity index (χ0v) is 17.2. The van der Waals surface area contributed by atoms with Gasteiger partial charge >= 0.3 is 6.09 Å². The van der Waals surface area contributed by atoms with Crippen molar-refractivity contribution in [2.45, 2.75) is 58.8 Å². The van der Waals surface area contributed by atoms with Gasteiger partial charge in [0.25, 0.3) is 5.91 Å². The molecule has 1 atom stereocenters. The molecule has 0 spiro atoms. The van der Waals surface area contributed by atoms with Gasteiger partial charge in [-0.2, -0.15) is 5.10 Å². The Morgan fingerprint density at radius 3 is 2.56 bits per heavy atom. The molecule has 1 aromatic heterocycles. The quantitative estimate of drug-likeness (QED) is 0.763. The summed E-state index contributed by atoms with van der Waals surface area (Å²) in [5.74, 6) is -0.223. The summed E-state index contributed by atoms with van der Waals surface area (Å²) in [6.45, 7) is 12.9. The predicted octanol–water partition coefficient (Wildman–Crippen LogP) is 1.70. The Hall–Kier alpha value is -2.35. The number of nitrogens with zero attached hydrogens (tertiary/aromatic N) is 3. The first kappa shape index (κ1) is 21.0. The summed E-state index contributed by atoms with van der Waals surface area (Å²) in [7, 11) is 3.44. The molecule has 1 aliphatic rings. The molecule has 0 radical (unpaired) electrons. The second kappa shape index (κ2) is 8.12. The van der Waals surface area contributed by atoms with E-state index in [0.717, 1.165) is 16.8 Å². The maximum atomic E-state index is 12.6. The van der Waals surface area contributed by atoms with Crippen molar-refractivity contribution in [3.63, 3.8) is 0 Å². The number of rotatable bonds is 5. The van der Waals surface area contributed by atoms with Crippen LogP contribution in [0.5, 0.6) is 0 Å². The van der Waals surface area contributed by atoms with E-state index in [1.54, 1.807) is 16.6 Å². The smallest absolute Gasteiger partial charge is 0.410 e. The Labute approximate surface area is 160 Å². The third kappa shape index (κ3) is 4.88. The lowest BCUT2D eigenvalue weighted by molar-refractivity contribution is 0.0136. The lowest BCUT2D eigenvalue weighted by Crippen LogP contribution is -2.45. The summed E-state index contributed by atoms with van der Waals surface area (Å²) in [5, 5.41) is 10.4. The Kier molecular flexibility index (Phi) is 6.30. The van der Waals surface area contributed by atoms with Crippen LogP contribution in [0.15, 0.2) is 12.2 Å². The first-order chi connectivity index (χ1) is 12.6. The van der Waals surface area contributed by atoms with Gasteiger partial charge in [-0.3, -0.25) is 9.48 Å². The van der Waals surface area contributed by atoms with E-state index in [2.05, 4.69) is 22.3 Å². The van der Waals surface area contributed by atoms with E-state index in [4.69, 9.17) is 4.74 Å². The molecule has 0 aliphatic carbocycles. The molecule has 2 rings (SSSR count). The van der Waals surface area contributed by atoms with Crippen molar-refractivity contribution < 1.29 is 14.3 Å². The SMILES string of the molecule is C=C(CNC)Cn1nc2c(c1C(=O)NC)CN(C(=O)OC(C)(C)C)[C@H](C)C2. The molecule has 2 N–H and O–H groups in total.